The number of benzene rings is 3. The monoisotopic (exact) mass is 366 g/mol. The van der Waals surface area contributed by atoms with Crippen molar-refractivity contribution in [3.63, 3.8) is 0 Å². The van der Waals surface area contributed by atoms with E-state index in [1.165, 1.54) is 0 Å². The van der Waals surface area contributed by atoms with Crippen LogP contribution in [0.2, 0.25) is 0 Å². The molecule has 25 heavy (non-hydrogen) atoms. The normalized spacial score (nSPS) is 10.5. The summed E-state index contributed by atoms with van der Waals surface area (Å²) in [4.78, 5) is 16.6. The molecule has 0 unspecified atom stereocenters. The zero-order chi connectivity index (χ0) is 17.8. The highest BCUT2D eigenvalue weighted by atomic mass is 32.2. The van der Waals surface area contributed by atoms with Crippen molar-refractivity contribution < 1.29 is 4.79 Å². The van der Waals surface area contributed by atoms with E-state index in [-0.39, 0.29) is 5.24 Å². The maximum atomic E-state index is 13.1. The topological polar surface area (TPSA) is 23.6 Å². The molecule has 0 radical (unpaired) electrons. The number of fused-ring (bicyclic) bond motifs is 1. The minimum Gasteiger partial charge on any atom is -0.363 e. The van der Waals surface area contributed by atoms with Crippen LogP contribution in [0.4, 0.5) is 16.2 Å². The van der Waals surface area contributed by atoms with Crippen molar-refractivity contribution in [1.29, 1.82) is 0 Å². The predicted molar refractivity (Wildman–Crippen MR) is 112 cm³/mol. The van der Waals surface area contributed by atoms with Crippen molar-refractivity contribution >= 4 is 55.7 Å². The fraction of sp³-hybridized carbons (Fsp3) is 0.100. The summed E-state index contributed by atoms with van der Waals surface area (Å²) < 4.78 is 0.533. The molecule has 0 aliphatic heterocycles. The highest BCUT2D eigenvalue weighted by Crippen LogP contribution is 2.35. The summed E-state index contributed by atoms with van der Waals surface area (Å²) >= 11 is 6.37. The van der Waals surface area contributed by atoms with E-state index >= 15 is 0 Å². The fourth-order valence-electron chi connectivity index (χ4n) is 2.53. The number of amides is 1. The molecule has 0 saturated heterocycles. The van der Waals surface area contributed by atoms with E-state index < -0.39 is 0 Å². The minimum absolute atomic E-state index is 0.124. The lowest BCUT2D eigenvalue weighted by atomic mass is 10.1. The third-order valence-electron chi connectivity index (χ3n) is 3.74. The third-order valence-corrected chi connectivity index (χ3v) is 5.26. The molecule has 3 aromatic carbocycles. The molecule has 126 valence electrons. The van der Waals surface area contributed by atoms with Gasteiger partial charge in [0, 0.05) is 36.9 Å². The lowest BCUT2D eigenvalue weighted by Gasteiger charge is -2.25. The zero-order valence-corrected chi connectivity index (χ0v) is 15.7. The molecule has 0 fully saturated rings. The average Bonchev–Trinajstić information content (AvgIpc) is 2.63. The Morgan fingerprint density at radius 2 is 1.52 bits per heavy atom. The van der Waals surface area contributed by atoms with E-state index in [0.29, 0.717) is 4.32 Å². The maximum Gasteiger partial charge on any atom is 0.297 e. The molecular formula is C20H18N2OS2. The number of thioether (sulfide) groups is 1. The zero-order valence-electron chi connectivity index (χ0n) is 14.0. The second-order valence-electron chi connectivity index (χ2n) is 5.70. The van der Waals surface area contributed by atoms with Gasteiger partial charge in [-0.15, -0.1) is 0 Å². The molecule has 0 bridgehead atoms. The highest BCUT2D eigenvalue weighted by Gasteiger charge is 2.22. The Morgan fingerprint density at radius 3 is 2.24 bits per heavy atom. The van der Waals surface area contributed by atoms with Gasteiger partial charge in [-0.2, -0.15) is 0 Å². The molecule has 5 heteroatoms. The average molecular weight is 367 g/mol. The van der Waals surface area contributed by atoms with Gasteiger partial charge in [-0.05, 0) is 23.6 Å². The molecule has 0 aliphatic rings. The number of carbonyl (C=O) groups excluding carboxylic acids is 1. The first-order valence-corrected chi connectivity index (χ1v) is 9.06. The molecule has 0 spiro atoms. The summed E-state index contributed by atoms with van der Waals surface area (Å²) in [5.41, 5.74) is 1.67. The number of rotatable bonds is 2. The fourth-order valence-corrected chi connectivity index (χ4v) is 3.38. The van der Waals surface area contributed by atoms with Crippen LogP contribution in [0.15, 0.2) is 72.8 Å². The van der Waals surface area contributed by atoms with Crippen LogP contribution < -0.4 is 4.90 Å². The summed E-state index contributed by atoms with van der Waals surface area (Å²) in [6.07, 6.45) is 0. The highest BCUT2D eigenvalue weighted by molar-refractivity contribution is 8.32. The summed E-state index contributed by atoms with van der Waals surface area (Å²) in [7, 11) is 3.68. The maximum absolute atomic E-state index is 13.1. The number of thiocarbonyl (C=S) groups is 1. The van der Waals surface area contributed by atoms with Crippen LogP contribution in [0, 0.1) is 0 Å². The molecule has 3 rings (SSSR count). The number of anilines is 2. The molecule has 3 aromatic rings. The van der Waals surface area contributed by atoms with Crippen molar-refractivity contribution in [2.75, 3.05) is 19.0 Å². The van der Waals surface area contributed by atoms with Gasteiger partial charge in [-0.25, -0.2) is 0 Å². The van der Waals surface area contributed by atoms with Gasteiger partial charge in [0.05, 0.1) is 5.69 Å². The summed E-state index contributed by atoms with van der Waals surface area (Å²) in [5.74, 6) is 0. The van der Waals surface area contributed by atoms with Crippen LogP contribution in [0.5, 0.6) is 0 Å². The molecule has 3 nitrogen and oxygen atoms in total. The Kier molecular flexibility index (Phi) is 5.36. The second-order valence-corrected chi connectivity index (χ2v) is 7.28. The van der Waals surface area contributed by atoms with Crippen molar-refractivity contribution in [2.24, 2.45) is 0 Å². The van der Waals surface area contributed by atoms with Crippen molar-refractivity contribution in [1.82, 2.24) is 4.90 Å². The van der Waals surface area contributed by atoms with E-state index in [1.807, 2.05) is 86.9 Å². The van der Waals surface area contributed by atoms with Crippen molar-refractivity contribution in [3.05, 3.63) is 72.8 Å². The van der Waals surface area contributed by atoms with Crippen molar-refractivity contribution in [2.45, 2.75) is 0 Å². The van der Waals surface area contributed by atoms with Crippen molar-refractivity contribution in [3.8, 4) is 0 Å². The third kappa shape index (κ3) is 3.83. The Bertz CT molecular complexity index is 904. The lowest BCUT2D eigenvalue weighted by Crippen LogP contribution is -2.26. The molecule has 0 aliphatic carbocycles. The number of carbonyl (C=O) groups is 1. The van der Waals surface area contributed by atoms with Crippen LogP contribution in [-0.2, 0) is 0 Å². The number of hydrogen-bond donors (Lipinski definition) is 0. The van der Waals surface area contributed by atoms with Gasteiger partial charge >= 0.3 is 0 Å². The SMILES string of the molecule is CN(C)C(=S)SC(=O)N(c1ccccc1)c1cccc2ccccc12. The van der Waals surface area contributed by atoms with E-state index in [1.54, 1.807) is 9.80 Å². The number of para-hydroxylation sites is 1. The Hall–Kier alpha value is -2.37. The number of hydrogen-bond acceptors (Lipinski definition) is 3. The first kappa shape index (κ1) is 17.5. The predicted octanol–water partition coefficient (Wildman–Crippen LogP) is 5.68. The summed E-state index contributed by atoms with van der Waals surface area (Å²) in [6.45, 7) is 0. The Morgan fingerprint density at radius 1 is 0.880 bits per heavy atom. The molecular weight excluding hydrogens is 348 g/mol. The van der Waals surface area contributed by atoms with Crippen LogP contribution in [0.3, 0.4) is 0 Å². The molecule has 1 amide bonds. The van der Waals surface area contributed by atoms with E-state index in [2.05, 4.69) is 0 Å². The molecule has 0 atom stereocenters. The van der Waals surface area contributed by atoms with Crippen LogP contribution in [0.1, 0.15) is 0 Å². The standard InChI is InChI=1S/C20H18N2OS2/c1-21(2)20(24)25-19(23)22(16-11-4-3-5-12-16)18-14-8-10-15-9-6-7-13-17(15)18/h3-14H,1-2H3. The quantitative estimate of drug-likeness (QED) is 0.545. The minimum atomic E-state index is -0.124. The Balaban J connectivity index is 2.11. The van der Waals surface area contributed by atoms with Gasteiger partial charge in [-0.1, -0.05) is 66.8 Å². The van der Waals surface area contributed by atoms with E-state index in [4.69, 9.17) is 12.2 Å². The van der Waals surface area contributed by atoms with Crippen LogP contribution in [-0.4, -0.2) is 28.6 Å². The first-order chi connectivity index (χ1) is 12.1. The van der Waals surface area contributed by atoms with Gasteiger partial charge in [0.1, 0.15) is 4.32 Å². The molecule has 0 heterocycles. The second kappa shape index (κ2) is 7.68. The van der Waals surface area contributed by atoms with Gasteiger partial charge in [-0.3, -0.25) is 9.69 Å². The Labute approximate surface area is 157 Å². The van der Waals surface area contributed by atoms with Gasteiger partial charge in [0.2, 0.25) is 0 Å². The van der Waals surface area contributed by atoms with Gasteiger partial charge in [0.15, 0.2) is 0 Å². The summed E-state index contributed by atoms with van der Waals surface area (Å²) in [6, 6.07) is 23.7. The molecule has 0 N–H and O–H groups in total. The number of nitrogens with zero attached hydrogens (tertiary/aromatic N) is 2. The lowest BCUT2D eigenvalue weighted by molar-refractivity contribution is 0.267. The molecule has 0 aromatic heterocycles. The van der Waals surface area contributed by atoms with Crippen LogP contribution >= 0.6 is 24.0 Å². The van der Waals surface area contributed by atoms with E-state index in [9.17, 15) is 4.79 Å². The first-order valence-electron chi connectivity index (χ1n) is 7.84. The summed E-state index contributed by atoms with van der Waals surface area (Å²) in [5, 5.41) is 1.99. The van der Waals surface area contributed by atoms with Gasteiger partial charge < -0.3 is 4.90 Å². The molecule has 0 saturated carbocycles. The largest absolute Gasteiger partial charge is 0.363 e. The van der Waals surface area contributed by atoms with Gasteiger partial charge in [0.25, 0.3) is 5.24 Å². The smallest absolute Gasteiger partial charge is 0.297 e. The van der Waals surface area contributed by atoms with Crippen LogP contribution in [0.25, 0.3) is 10.8 Å². The van der Waals surface area contributed by atoms with E-state index in [0.717, 1.165) is 33.9 Å².